The summed E-state index contributed by atoms with van der Waals surface area (Å²) in [7, 11) is 0. The van der Waals surface area contributed by atoms with Gasteiger partial charge in [-0.3, -0.25) is 4.57 Å². The van der Waals surface area contributed by atoms with Crippen molar-refractivity contribution in [3.63, 3.8) is 0 Å². The number of nitrogens with one attached hydrogen (secondary N) is 1. The Morgan fingerprint density at radius 3 is 2.71 bits per heavy atom. The van der Waals surface area contributed by atoms with Gasteiger partial charge in [0.05, 0.1) is 16.7 Å². The van der Waals surface area contributed by atoms with E-state index in [1.165, 1.54) is 0 Å². The van der Waals surface area contributed by atoms with E-state index in [1.54, 1.807) is 10.8 Å². The first kappa shape index (κ1) is 15.7. The molecule has 112 valence electrons. The summed E-state index contributed by atoms with van der Waals surface area (Å²) in [6, 6.07) is 3.91. The summed E-state index contributed by atoms with van der Waals surface area (Å²) in [6.07, 6.45) is 2.85. The highest BCUT2D eigenvalue weighted by Crippen LogP contribution is 2.17. The van der Waals surface area contributed by atoms with Crippen LogP contribution in [0.15, 0.2) is 27.6 Å². The van der Waals surface area contributed by atoms with Crippen LogP contribution >= 0.6 is 15.9 Å². The summed E-state index contributed by atoms with van der Waals surface area (Å²) in [5.41, 5.74) is 2.33. The fraction of sp³-hybridized carbons (Fsp3) is 0.400. The number of rotatable bonds is 5. The summed E-state index contributed by atoms with van der Waals surface area (Å²) < 4.78 is 2.52. The van der Waals surface area contributed by atoms with Crippen molar-refractivity contribution >= 4 is 21.7 Å². The van der Waals surface area contributed by atoms with Crippen molar-refractivity contribution in [2.75, 3.05) is 11.9 Å². The summed E-state index contributed by atoms with van der Waals surface area (Å²) in [5, 5.41) is 3.23. The van der Waals surface area contributed by atoms with E-state index in [0.717, 1.165) is 34.5 Å². The number of halogens is 1. The Hall–Kier alpha value is -1.69. The fourth-order valence-electron chi connectivity index (χ4n) is 2.02. The monoisotopic (exact) mass is 350 g/mol. The molecule has 0 unspecified atom stereocenters. The SMILES string of the molecule is CCCNc1ccc(Cn2c(C)c(Br)c(C)nc2=O)cn1. The zero-order valence-corrected chi connectivity index (χ0v) is 14.1. The van der Waals surface area contributed by atoms with Gasteiger partial charge in [-0.25, -0.2) is 9.78 Å². The topological polar surface area (TPSA) is 59.8 Å². The molecule has 0 aromatic carbocycles. The van der Waals surface area contributed by atoms with Crippen molar-refractivity contribution in [1.29, 1.82) is 0 Å². The van der Waals surface area contributed by atoms with E-state index < -0.39 is 0 Å². The molecule has 2 aromatic heterocycles. The number of anilines is 1. The van der Waals surface area contributed by atoms with Crippen LogP contribution in [0.4, 0.5) is 5.82 Å². The number of aromatic nitrogens is 3. The Bertz CT molecular complexity index is 679. The van der Waals surface area contributed by atoms with Crippen molar-refractivity contribution in [3.8, 4) is 0 Å². The van der Waals surface area contributed by atoms with Crippen molar-refractivity contribution < 1.29 is 0 Å². The Labute approximate surface area is 132 Å². The molecule has 0 saturated heterocycles. The molecule has 0 amide bonds. The lowest BCUT2D eigenvalue weighted by Crippen LogP contribution is -2.27. The third-order valence-electron chi connectivity index (χ3n) is 3.26. The minimum atomic E-state index is -0.235. The van der Waals surface area contributed by atoms with Gasteiger partial charge in [0.15, 0.2) is 0 Å². The van der Waals surface area contributed by atoms with Crippen molar-refractivity contribution in [3.05, 3.63) is 50.2 Å². The zero-order valence-electron chi connectivity index (χ0n) is 12.5. The Balaban J connectivity index is 2.23. The van der Waals surface area contributed by atoms with Gasteiger partial charge >= 0.3 is 5.69 Å². The predicted octanol–water partition coefficient (Wildman–Crippen LogP) is 2.89. The predicted molar refractivity (Wildman–Crippen MR) is 87.8 cm³/mol. The molecule has 0 saturated carbocycles. The first-order chi connectivity index (χ1) is 10.0. The lowest BCUT2D eigenvalue weighted by Gasteiger charge is -2.12. The summed E-state index contributed by atoms with van der Waals surface area (Å²) in [4.78, 5) is 20.4. The standard InChI is InChI=1S/C15H19BrN4O/c1-4-7-17-13-6-5-12(8-18-13)9-20-11(3)14(16)10(2)19-15(20)21/h5-6,8H,4,7,9H2,1-3H3,(H,17,18). The molecule has 2 rings (SSSR count). The second-order valence-corrected chi connectivity index (χ2v) is 5.74. The maximum absolute atomic E-state index is 12.0. The van der Waals surface area contributed by atoms with Crippen LogP contribution in [0, 0.1) is 13.8 Å². The normalized spacial score (nSPS) is 10.7. The number of aryl methyl sites for hydroxylation is 1. The first-order valence-electron chi connectivity index (χ1n) is 6.95. The molecular weight excluding hydrogens is 332 g/mol. The second kappa shape index (κ2) is 6.85. The molecule has 2 heterocycles. The van der Waals surface area contributed by atoms with Crippen LogP contribution < -0.4 is 11.0 Å². The van der Waals surface area contributed by atoms with Crippen LogP contribution in [0.25, 0.3) is 0 Å². The Morgan fingerprint density at radius 2 is 2.10 bits per heavy atom. The zero-order chi connectivity index (χ0) is 15.4. The third-order valence-corrected chi connectivity index (χ3v) is 4.40. The summed E-state index contributed by atoms with van der Waals surface area (Å²) >= 11 is 3.47. The number of pyridine rings is 1. The van der Waals surface area contributed by atoms with Gasteiger partial charge in [-0.05, 0) is 47.8 Å². The maximum Gasteiger partial charge on any atom is 0.348 e. The molecule has 0 atom stereocenters. The van der Waals surface area contributed by atoms with E-state index in [0.29, 0.717) is 12.2 Å². The average Bonchev–Trinajstić information content (AvgIpc) is 2.48. The highest BCUT2D eigenvalue weighted by molar-refractivity contribution is 9.10. The van der Waals surface area contributed by atoms with Gasteiger partial charge in [0.1, 0.15) is 5.82 Å². The molecule has 1 N–H and O–H groups in total. The molecule has 5 nitrogen and oxygen atoms in total. The molecule has 0 bridgehead atoms. The van der Waals surface area contributed by atoms with E-state index >= 15 is 0 Å². The van der Waals surface area contributed by atoms with Crippen molar-refractivity contribution in [2.24, 2.45) is 0 Å². The lowest BCUT2D eigenvalue weighted by atomic mass is 10.2. The van der Waals surface area contributed by atoms with Gasteiger partial charge in [0.25, 0.3) is 0 Å². The third kappa shape index (κ3) is 3.69. The minimum absolute atomic E-state index is 0.235. The van der Waals surface area contributed by atoms with Gasteiger partial charge in [-0.1, -0.05) is 13.0 Å². The maximum atomic E-state index is 12.0. The molecule has 2 aromatic rings. The van der Waals surface area contributed by atoms with Crippen molar-refractivity contribution in [2.45, 2.75) is 33.7 Å². The van der Waals surface area contributed by atoms with Crippen LogP contribution in [0.3, 0.4) is 0 Å². The largest absolute Gasteiger partial charge is 0.370 e. The fourth-order valence-corrected chi connectivity index (χ4v) is 2.32. The van der Waals surface area contributed by atoms with E-state index in [9.17, 15) is 4.79 Å². The highest BCUT2D eigenvalue weighted by atomic mass is 79.9. The quantitative estimate of drug-likeness (QED) is 0.900. The molecule has 6 heteroatoms. The summed E-state index contributed by atoms with van der Waals surface area (Å²) in [5.74, 6) is 0.855. The van der Waals surface area contributed by atoms with Crippen molar-refractivity contribution in [1.82, 2.24) is 14.5 Å². The molecule has 0 spiro atoms. The lowest BCUT2D eigenvalue weighted by molar-refractivity contribution is 0.687. The Morgan fingerprint density at radius 1 is 1.33 bits per heavy atom. The highest BCUT2D eigenvalue weighted by Gasteiger charge is 2.09. The number of nitrogens with zero attached hydrogens (tertiary/aromatic N) is 3. The van der Waals surface area contributed by atoms with E-state index in [2.05, 4.69) is 38.1 Å². The molecule has 0 aliphatic rings. The van der Waals surface area contributed by atoms with Crippen LogP contribution in [-0.2, 0) is 6.54 Å². The van der Waals surface area contributed by atoms with Gasteiger partial charge in [0.2, 0.25) is 0 Å². The molecule has 21 heavy (non-hydrogen) atoms. The first-order valence-corrected chi connectivity index (χ1v) is 7.74. The minimum Gasteiger partial charge on any atom is -0.370 e. The van der Waals surface area contributed by atoms with E-state index in [1.807, 2.05) is 26.0 Å². The number of hydrogen-bond donors (Lipinski definition) is 1. The second-order valence-electron chi connectivity index (χ2n) is 4.94. The number of hydrogen-bond acceptors (Lipinski definition) is 4. The van der Waals surface area contributed by atoms with Gasteiger partial charge in [-0.2, -0.15) is 4.98 Å². The Kier molecular flexibility index (Phi) is 5.12. The van der Waals surface area contributed by atoms with Crippen LogP contribution in [0.1, 0.15) is 30.3 Å². The smallest absolute Gasteiger partial charge is 0.348 e. The van der Waals surface area contributed by atoms with E-state index in [4.69, 9.17) is 0 Å². The molecule has 0 aliphatic carbocycles. The van der Waals surface area contributed by atoms with Crippen LogP contribution in [0.5, 0.6) is 0 Å². The van der Waals surface area contributed by atoms with E-state index in [-0.39, 0.29) is 5.69 Å². The molecule has 0 aliphatic heterocycles. The van der Waals surface area contributed by atoms with Gasteiger partial charge in [-0.15, -0.1) is 0 Å². The molecule has 0 fully saturated rings. The van der Waals surface area contributed by atoms with Crippen LogP contribution in [0.2, 0.25) is 0 Å². The van der Waals surface area contributed by atoms with Gasteiger partial charge < -0.3 is 5.32 Å². The van der Waals surface area contributed by atoms with Gasteiger partial charge in [0, 0.05) is 18.4 Å². The van der Waals surface area contributed by atoms with Crippen LogP contribution in [-0.4, -0.2) is 21.1 Å². The molecular formula is C15H19BrN4O. The summed E-state index contributed by atoms with van der Waals surface area (Å²) in [6.45, 7) is 7.21. The molecule has 0 radical (unpaired) electrons. The average molecular weight is 351 g/mol.